The Labute approximate surface area is 111 Å². The van der Waals surface area contributed by atoms with Gasteiger partial charge in [-0.1, -0.05) is 0 Å². The van der Waals surface area contributed by atoms with Gasteiger partial charge >= 0.3 is 5.97 Å². The molecule has 2 N–H and O–H groups in total. The highest BCUT2D eigenvalue weighted by atomic mass is 32.1. The summed E-state index contributed by atoms with van der Waals surface area (Å²) < 4.78 is 4.31. The quantitative estimate of drug-likeness (QED) is 0.859. The van der Waals surface area contributed by atoms with Gasteiger partial charge in [0.1, 0.15) is 5.82 Å². The molecule has 1 heterocycles. The fourth-order valence-corrected chi connectivity index (χ4v) is 2.29. The maximum Gasteiger partial charge on any atom is 0.311 e. The second kappa shape index (κ2) is 4.19. The van der Waals surface area contributed by atoms with Crippen LogP contribution in [0.3, 0.4) is 0 Å². The first-order valence-corrected chi connectivity index (χ1v) is 6.86. The molecule has 0 atom stereocenters. The topological polar surface area (TPSA) is 75.1 Å². The zero-order chi connectivity index (χ0) is 13.6. The van der Waals surface area contributed by atoms with Crippen molar-refractivity contribution in [3.63, 3.8) is 0 Å². The first-order chi connectivity index (χ1) is 8.24. The smallest absolute Gasteiger partial charge is 0.311 e. The number of hydrogen-bond donors (Lipinski definition) is 2. The van der Waals surface area contributed by atoms with E-state index in [-0.39, 0.29) is 0 Å². The molecule has 1 aromatic heterocycles. The van der Waals surface area contributed by atoms with E-state index in [1.807, 2.05) is 13.8 Å². The Morgan fingerprint density at radius 1 is 1.39 bits per heavy atom. The van der Waals surface area contributed by atoms with Crippen molar-refractivity contribution in [3.8, 4) is 0 Å². The molecule has 1 aromatic rings. The summed E-state index contributed by atoms with van der Waals surface area (Å²) in [4.78, 5) is 15.7. The average Bonchev–Trinajstić information content (AvgIpc) is 3.00. The third-order valence-electron chi connectivity index (χ3n) is 3.90. The molecule has 6 heteroatoms. The number of carbonyl (C=O) groups is 1. The summed E-state index contributed by atoms with van der Waals surface area (Å²) in [6.45, 7) is 7.18. The number of carboxylic acid groups (broad SMARTS) is 1. The minimum absolute atomic E-state index is 0.521. The number of rotatable bonds is 5. The number of aromatic nitrogens is 2. The van der Waals surface area contributed by atoms with Crippen LogP contribution in [0.1, 0.15) is 52.3 Å². The van der Waals surface area contributed by atoms with E-state index in [1.54, 1.807) is 13.8 Å². The fourth-order valence-electron chi connectivity index (χ4n) is 1.48. The van der Waals surface area contributed by atoms with Crippen LogP contribution in [0.4, 0.5) is 5.13 Å². The predicted octanol–water partition coefficient (Wildman–Crippen LogP) is 2.72. The van der Waals surface area contributed by atoms with Crippen molar-refractivity contribution in [2.45, 2.75) is 52.0 Å². The molecular weight excluding hydrogens is 250 g/mol. The van der Waals surface area contributed by atoms with Crippen molar-refractivity contribution >= 4 is 22.6 Å². The predicted molar refractivity (Wildman–Crippen MR) is 71.0 cm³/mol. The van der Waals surface area contributed by atoms with Crippen molar-refractivity contribution in [1.29, 1.82) is 0 Å². The van der Waals surface area contributed by atoms with Gasteiger partial charge in [-0.3, -0.25) is 4.79 Å². The van der Waals surface area contributed by atoms with E-state index in [1.165, 1.54) is 24.4 Å². The molecule has 1 saturated carbocycles. The number of hydrogen-bond acceptors (Lipinski definition) is 5. The lowest BCUT2D eigenvalue weighted by Crippen LogP contribution is -2.50. The van der Waals surface area contributed by atoms with Crippen LogP contribution < -0.4 is 5.32 Å². The summed E-state index contributed by atoms with van der Waals surface area (Å²) in [6, 6.07) is 0. The van der Waals surface area contributed by atoms with E-state index in [2.05, 4.69) is 14.7 Å². The normalized spacial score (nSPS) is 16.7. The number of carboxylic acids is 1. The van der Waals surface area contributed by atoms with Crippen LogP contribution in [0.25, 0.3) is 0 Å². The molecule has 100 valence electrons. The molecule has 0 aromatic carbocycles. The van der Waals surface area contributed by atoms with E-state index in [0.29, 0.717) is 11.0 Å². The van der Waals surface area contributed by atoms with Gasteiger partial charge in [-0.15, -0.1) is 0 Å². The highest BCUT2D eigenvalue weighted by molar-refractivity contribution is 7.09. The van der Waals surface area contributed by atoms with Crippen LogP contribution in [0, 0.1) is 5.41 Å². The van der Waals surface area contributed by atoms with Gasteiger partial charge in [0.15, 0.2) is 0 Å². The molecule has 0 radical (unpaired) electrons. The first-order valence-electron chi connectivity index (χ1n) is 6.09. The summed E-state index contributed by atoms with van der Waals surface area (Å²) in [7, 11) is 0. The number of nitrogens with zero attached hydrogens (tertiary/aromatic N) is 2. The molecular formula is C12H19N3O2S. The minimum atomic E-state index is -0.890. The standard InChI is InChI=1S/C12H19N3O2S/c1-11(2,9(16)17)12(3,4)14-10-13-8(15-18-10)7-5-6-7/h7H,5-6H2,1-4H3,(H,16,17)(H,13,14,15). The minimum Gasteiger partial charge on any atom is -0.481 e. The van der Waals surface area contributed by atoms with Crippen LogP contribution in [0.2, 0.25) is 0 Å². The number of aliphatic carboxylic acids is 1. The van der Waals surface area contributed by atoms with Gasteiger partial charge in [-0.05, 0) is 40.5 Å². The molecule has 0 bridgehead atoms. The average molecular weight is 269 g/mol. The van der Waals surface area contributed by atoms with E-state index in [9.17, 15) is 9.90 Å². The monoisotopic (exact) mass is 269 g/mol. The SMILES string of the molecule is CC(C)(Nc1nc(C2CC2)ns1)C(C)(C)C(=O)O. The molecule has 5 nitrogen and oxygen atoms in total. The number of nitrogens with one attached hydrogen (secondary N) is 1. The molecule has 1 fully saturated rings. The Balaban J connectivity index is 2.13. The molecule has 1 aliphatic carbocycles. The lowest BCUT2D eigenvalue weighted by Gasteiger charge is -2.38. The maximum absolute atomic E-state index is 11.3. The van der Waals surface area contributed by atoms with Crippen molar-refractivity contribution in [2.24, 2.45) is 5.41 Å². The summed E-state index contributed by atoms with van der Waals surface area (Å²) in [5.41, 5.74) is -1.49. The van der Waals surface area contributed by atoms with E-state index < -0.39 is 16.9 Å². The highest BCUT2D eigenvalue weighted by Gasteiger charge is 2.44. The second-order valence-electron chi connectivity index (χ2n) is 5.91. The molecule has 0 saturated heterocycles. The lowest BCUT2D eigenvalue weighted by atomic mass is 9.74. The van der Waals surface area contributed by atoms with Gasteiger partial charge in [-0.2, -0.15) is 4.37 Å². The van der Waals surface area contributed by atoms with Crippen molar-refractivity contribution in [1.82, 2.24) is 9.36 Å². The molecule has 0 aliphatic heterocycles. The maximum atomic E-state index is 11.3. The zero-order valence-electron chi connectivity index (χ0n) is 11.1. The second-order valence-corrected chi connectivity index (χ2v) is 6.66. The Morgan fingerprint density at radius 3 is 2.50 bits per heavy atom. The third kappa shape index (κ3) is 2.34. The van der Waals surface area contributed by atoms with Gasteiger partial charge in [-0.25, -0.2) is 4.98 Å². The van der Waals surface area contributed by atoms with Crippen molar-refractivity contribution in [3.05, 3.63) is 5.82 Å². The molecule has 0 spiro atoms. The van der Waals surface area contributed by atoms with Crippen LogP contribution in [0.15, 0.2) is 0 Å². The first kappa shape index (κ1) is 13.3. The van der Waals surface area contributed by atoms with Crippen LogP contribution in [-0.4, -0.2) is 26.0 Å². The van der Waals surface area contributed by atoms with Crippen LogP contribution in [-0.2, 0) is 4.79 Å². The van der Waals surface area contributed by atoms with Crippen LogP contribution >= 0.6 is 11.5 Å². The molecule has 18 heavy (non-hydrogen) atoms. The summed E-state index contributed by atoms with van der Waals surface area (Å²) in [5, 5.41) is 13.2. The molecule has 2 rings (SSSR count). The molecule has 1 aliphatic rings. The summed E-state index contributed by atoms with van der Waals surface area (Å²) in [5.74, 6) is 0.589. The largest absolute Gasteiger partial charge is 0.481 e. The van der Waals surface area contributed by atoms with Gasteiger partial charge in [0.2, 0.25) is 5.13 Å². The van der Waals surface area contributed by atoms with Crippen LogP contribution in [0.5, 0.6) is 0 Å². The summed E-state index contributed by atoms with van der Waals surface area (Å²) in [6.07, 6.45) is 2.33. The fraction of sp³-hybridized carbons (Fsp3) is 0.750. The summed E-state index contributed by atoms with van der Waals surface area (Å²) >= 11 is 1.31. The van der Waals surface area contributed by atoms with Gasteiger partial charge in [0, 0.05) is 23.0 Å². The number of anilines is 1. The van der Waals surface area contributed by atoms with E-state index in [4.69, 9.17) is 0 Å². The Hall–Kier alpha value is -1.17. The van der Waals surface area contributed by atoms with Gasteiger partial charge in [0.05, 0.1) is 5.41 Å². The highest BCUT2D eigenvalue weighted by Crippen LogP contribution is 2.40. The Morgan fingerprint density at radius 2 is 2.00 bits per heavy atom. The molecule has 0 amide bonds. The molecule has 0 unspecified atom stereocenters. The Kier molecular flexibility index (Phi) is 3.09. The lowest BCUT2D eigenvalue weighted by molar-refractivity contribution is -0.149. The van der Waals surface area contributed by atoms with Crippen molar-refractivity contribution in [2.75, 3.05) is 5.32 Å². The Bertz CT molecular complexity index is 464. The van der Waals surface area contributed by atoms with Gasteiger partial charge < -0.3 is 10.4 Å². The van der Waals surface area contributed by atoms with Crippen molar-refractivity contribution < 1.29 is 9.90 Å². The van der Waals surface area contributed by atoms with E-state index >= 15 is 0 Å². The third-order valence-corrected chi connectivity index (χ3v) is 4.55. The van der Waals surface area contributed by atoms with E-state index in [0.717, 1.165) is 5.82 Å². The zero-order valence-corrected chi connectivity index (χ0v) is 12.0. The van der Waals surface area contributed by atoms with Gasteiger partial charge in [0.25, 0.3) is 0 Å².